The lowest BCUT2D eigenvalue weighted by atomic mass is 10.2. The van der Waals surface area contributed by atoms with Crippen LogP contribution in [0.1, 0.15) is 11.3 Å². The third-order valence-electron chi connectivity index (χ3n) is 4.65. The average Bonchev–Trinajstić information content (AvgIpc) is 2.82. The predicted octanol–water partition coefficient (Wildman–Crippen LogP) is 4.15. The number of nitrogens with zero attached hydrogens (tertiary/aromatic N) is 4. The molecule has 0 amide bonds. The summed E-state index contributed by atoms with van der Waals surface area (Å²) in [6.07, 6.45) is 4.69. The van der Waals surface area contributed by atoms with Crippen molar-refractivity contribution in [2.24, 2.45) is 0 Å². The monoisotopic (exact) mass is 463 g/mol. The minimum absolute atomic E-state index is 0.0254. The number of sulfonamides is 1. The molecule has 0 radical (unpaired) electrons. The van der Waals surface area contributed by atoms with E-state index in [0.29, 0.717) is 28.6 Å². The van der Waals surface area contributed by atoms with Gasteiger partial charge in [0.2, 0.25) is 0 Å². The molecule has 4 aromatic rings. The van der Waals surface area contributed by atoms with Crippen molar-refractivity contribution < 1.29 is 17.9 Å². The van der Waals surface area contributed by atoms with Gasteiger partial charge in [0.05, 0.1) is 12.8 Å². The van der Waals surface area contributed by atoms with Gasteiger partial charge in [-0.15, -0.1) is 0 Å². The Morgan fingerprint density at radius 1 is 0.909 bits per heavy atom. The number of anilines is 1. The SMILES string of the molecule is COc1ccccc1Oc1c(C)nc(-c2ccncc2)nc1NS(=O)(=O)c1ccc(C)cn1. The van der Waals surface area contributed by atoms with Crippen molar-refractivity contribution in [3.63, 3.8) is 0 Å². The zero-order valence-electron chi connectivity index (χ0n) is 18.2. The second kappa shape index (κ2) is 9.21. The fourth-order valence-corrected chi connectivity index (χ4v) is 3.93. The first kappa shape index (κ1) is 22.2. The molecule has 3 aromatic heterocycles. The van der Waals surface area contributed by atoms with Crippen molar-refractivity contribution in [1.82, 2.24) is 19.9 Å². The number of aromatic nitrogens is 4. The van der Waals surface area contributed by atoms with Crippen LogP contribution in [0.3, 0.4) is 0 Å². The summed E-state index contributed by atoms with van der Waals surface area (Å²) in [5.74, 6) is 1.30. The first-order valence-electron chi connectivity index (χ1n) is 9.93. The van der Waals surface area contributed by atoms with Crippen LogP contribution in [0.25, 0.3) is 11.4 Å². The second-order valence-electron chi connectivity index (χ2n) is 7.08. The number of aryl methyl sites for hydroxylation is 2. The van der Waals surface area contributed by atoms with Crippen LogP contribution in [0.2, 0.25) is 0 Å². The Labute approximate surface area is 191 Å². The molecule has 0 bridgehead atoms. The van der Waals surface area contributed by atoms with Gasteiger partial charge in [0.1, 0.15) is 0 Å². The maximum atomic E-state index is 13.1. The van der Waals surface area contributed by atoms with Gasteiger partial charge >= 0.3 is 0 Å². The highest BCUT2D eigenvalue weighted by Crippen LogP contribution is 2.37. The largest absolute Gasteiger partial charge is 0.493 e. The number of ether oxygens (including phenoxy) is 2. The maximum Gasteiger partial charge on any atom is 0.280 e. The number of nitrogens with one attached hydrogen (secondary N) is 1. The van der Waals surface area contributed by atoms with Gasteiger partial charge in [-0.3, -0.25) is 9.71 Å². The third-order valence-corrected chi connectivity index (χ3v) is 5.90. The molecule has 0 spiro atoms. The third kappa shape index (κ3) is 4.90. The van der Waals surface area contributed by atoms with Gasteiger partial charge in [0.15, 0.2) is 33.9 Å². The average molecular weight is 464 g/mol. The van der Waals surface area contributed by atoms with Crippen LogP contribution in [-0.2, 0) is 10.0 Å². The van der Waals surface area contributed by atoms with E-state index in [1.165, 1.54) is 19.4 Å². The molecule has 0 fully saturated rings. The van der Waals surface area contributed by atoms with Gasteiger partial charge in [0.25, 0.3) is 10.0 Å². The van der Waals surface area contributed by atoms with Crippen LogP contribution in [-0.4, -0.2) is 35.5 Å². The molecule has 0 saturated heterocycles. The van der Waals surface area contributed by atoms with Crippen molar-refractivity contribution in [3.05, 3.63) is 78.4 Å². The van der Waals surface area contributed by atoms with Crippen molar-refractivity contribution >= 4 is 15.8 Å². The van der Waals surface area contributed by atoms with E-state index in [0.717, 1.165) is 5.56 Å². The molecule has 0 aliphatic heterocycles. The Morgan fingerprint density at radius 3 is 2.30 bits per heavy atom. The van der Waals surface area contributed by atoms with Gasteiger partial charge in [0, 0.05) is 24.2 Å². The highest BCUT2D eigenvalue weighted by molar-refractivity contribution is 7.92. The molecule has 4 rings (SSSR count). The van der Waals surface area contributed by atoms with Crippen molar-refractivity contribution in [3.8, 4) is 28.6 Å². The van der Waals surface area contributed by atoms with E-state index in [1.54, 1.807) is 61.8 Å². The van der Waals surface area contributed by atoms with Crippen molar-refractivity contribution in [1.29, 1.82) is 0 Å². The highest BCUT2D eigenvalue weighted by Gasteiger charge is 2.23. The topological polar surface area (TPSA) is 116 Å². The minimum atomic E-state index is -4.05. The van der Waals surface area contributed by atoms with Crippen LogP contribution in [0.15, 0.2) is 72.1 Å². The molecular weight excluding hydrogens is 442 g/mol. The fourth-order valence-electron chi connectivity index (χ4n) is 2.99. The van der Waals surface area contributed by atoms with Crippen molar-refractivity contribution in [2.45, 2.75) is 18.9 Å². The fraction of sp³-hybridized carbons (Fsp3) is 0.130. The van der Waals surface area contributed by atoms with Crippen molar-refractivity contribution in [2.75, 3.05) is 11.8 Å². The van der Waals surface area contributed by atoms with Crippen LogP contribution < -0.4 is 14.2 Å². The van der Waals surface area contributed by atoms with Gasteiger partial charge in [-0.05, 0) is 49.7 Å². The Bertz CT molecular complexity index is 1380. The summed E-state index contributed by atoms with van der Waals surface area (Å²) >= 11 is 0. The Morgan fingerprint density at radius 2 is 1.64 bits per heavy atom. The number of pyridine rings is 2. The molecule has 168 valence electrons. The van der Waals surface area contributed by atoms with E-state index in [-0.39, 0.29) is 16.6 Å². The van der Waals surface area contributed by atoms with E-state index in [1.807, 2.05) is 6.92 Å². The van der Waals surface area contributed by atoms with E-state index in [2.05, 4.69) is 24.7 Å². The molecule has 1 aromatic carbocycles. The van der Waals surface area contributed by atoms with Crippen LogP contribution >= 0.6 is 0 Å². The second-order valence-corrected chi connectivity index (χ2v) is 8.71. The summed E-state index contributed by atoms with van der Waals surface area (Å²) in [4.78, 5) is 17.0. The van der Waals surface area contributed by atoms with Gasteiger partial charge < -0.3 is 9.47 Å². The molecule has 0 saturated carbocycles. The lowest BCUT2D eigenvalue weighted by Crippen LogP contribution is -2.17. The lowest BCUT2D eigenvalue weighted by molar-refractivity contribution is 0.377. The van der Waals surface area contributed by atoms with E-state index in [4.69, 9.17) is 9.47 Å². The molecule has 1 N–H and O–H groups in total. The Balaban J connectivity index is 1.82. The number of para-hydroxylation sites is 2. The molecule has 9 nitrogen and oxygen atoms in total. The highest BCUT2D eigenvalue weighted by atomic mass is 32.2. The molecule has 0 aliphatic carbocycles. The number of benzene rings is 1. The van der Waals surface area contributed by atoms with E-state index in [9.17, 15) is 8.42 Å². The smallest absolute Gasteiger partial charge is 0.280 e. The number of rotatable bonds is 7. The zero-order valence-corrected chi connectivity index (χ0v) is 19.0. The first-order valence-corrected chi connectivity index (χ1v) is 11.4. The molecular formula is C23H21N5O4S. The number of hydrogen-bond acceptors (Lipinski definition) is 8. The van der Waals surface area contributed by atoms with Gasteiger partial charge in [-0.1, -0.05) is 18.2 Å². The standard InChI is InChI=1S/C23H21N5O4S/c1-15-8-9-20(25-14-15)33(29,30)28-23-21(32-19-7-5-4-6-18(19)31-3)16(2)26-22(27-23)17-10-12-24-13-11-17/h4-14H,1-3H3,(H,26,27,28). The maximum absolute atomic E-state index is 13.1. The van der Waals surface area contributed by atoms with Crippen LogP contribution in [0.5, 0.6) is 17.2 Å². The normalized spacial score (nSPS) is 11.1. The molecule has 0 atom stereocenters. The summed E-state index contributed by atoms with van der Waals surface area (Å²) in [5, 5.41) is -0.141. The minimum Gasteiger partial charge on any atom is -0.493 e. The van der Waals surface area contributed by atoms with E-state index < -0.39 is 10.0 Å². The number of methoxy groups -OCH3 is 1. The molecule has 0 aliphatic rings. The molecule has 10 heteroatoms. The van der Waals surface area contributed by atoms with Crippen LogP contribution in [0, 0.1) is 13.8 Å². The summed E-state index contributed by atoms with van der Waals surface area (Å²) < 4.78 is 40.1. The summed E-state index contributed by atoms with van der Waals surface area (Å²) in [5.41, 5.74) is 1.94. The molecule has 33 heavy (non-hydrogen) atoms. The van der Waals surface area contributed by atoms with Gasteiger partial charge in [-0.2, -0.15) is 8.42 Å². The van der Waals surface area contributed by atoms with Gasteiger partial charge in [-0.25, -0.2) is 15.0 Å². The lowest BCUT2D eigenvalue weighted by Gasteiger charge is -2.17. The first-order chi connectivity index (χ1) is 15.9. The van der Waals surface area contributed by atoms with E-state index >= 15 is 0 Å². The summed E-state index contributed by atoms with van der Waals surface area (Å²) in [7, 11) is -2.53. The van der Waals surface area contributed by atoms with Crippen LogP contribution in [0.4, 0.5) is 5.82 Å². The predicted molar refractivity (Wildman–Crippen MR) is 123 cm³/mol. The summed E-state index contributed by atoms with van der Waals surface area (Å²) in [6, 6.07) is 13.6. The quantitative estimate of drug-likeness (QED) is 0.434. The summed E-state index contributed by atoms with van der Waals surface area (Å²) in [6.45, 7) is 3.53. The Kier molecular flexibility index (Phi) is 6.18. The Hall–Kier alpha value is -4.05. The molecule has 3 heterocycles. The molecule has 0 unspecified atom stereocenters. The number of hydrogen-bond donors (Lipinski definition) is 1. The zero-order chi connectivity index (χ0) is 23.4.